The average molecular weight is 665 g/mol. The van der Waals surface area contributed by atoms with Gasteiger partial charge in [0.05, 0.1) is 0 Å². The zero-order valence-electron chi connectivity index (χ0n) is 29.8. The van der Waals surface area contributed by atoms with Crippen LogP contribution in [0, 0.1) is 272 Å². The summed E-state index contributed by atoms with van der Waals surface area (Å²) in [6, 6.07) is 0. The van der Waals surface area contributed by atoms with Crippen LogP contribution >= 0.6 is 0 Å². The Labute approximate surface area is 302 Å². The summed E-state index contributed by atoms with van der Waals surface area (Å²) in [5, 5.41) is 0. The molecule has 48 unspecified atom stereocenters. The van der Waals surface area contributed by atoms with Crippen molar-refractivity contribution in [2.75, 3.05) is 0 Å². The molecule has 25 rings (SSSR count). The molecule has 0 amide bonds. The molecule has 24 aliphatic carbocycles. The van der Waals surface area contributed by atoms with Crippen LogP contribution in [0.5, 0.6) is 0 Å². The number of hydrogen-bond donors (Lipinski definition) is 0. The number of rotatable bonds is 0. The third-order valence-electron chi connectivity index (χ3n) is 32.7. The molecule has 24 saturated carbocycles. The average Bonchev–Trinajstić information content (AvgIpc) is 3.75. The van der Waals surface area contributed by atoms with Gasteiger partial charge >= 0.3 is 0 Å². The van der Waals surface area contributed by atoms with Crippen LogP contribution in [-0.4, -0.2) is 7.28 Å². The Hall–Kier alpha value is 0.0649. The molecule has 51 heavy (non-hydrogen) atoms. The van der Waals surface area contributed by atoms with Gasteiger partial charge in [0, 0.05) is 0 Å². The second-order valence-electron chi connectivity index (χ2n) is 28.9. The summed E-state index contributed by atoms with van der Waals surface area (Å²) in [7, 11) is 1.70. The van der Waals surface area contributed by atoms with Crippen LogP contribution in [0.3, 0.4) is 0 Å². The van der Waals surface area contributed by atoms with Gasteiger partial charge in [0.2, 0.25) is 0 Å². The molecule has 1 saturated heterocycles. The smallest absolute Gasteiger partial charge is 0.0657 e. The van der Waals surface area contributed by atoms with Crippen molar-refractivity contribution in [1.29, 1.82) is 0 Å². The molecule has 0 aromatic heterocycles. The quantitative estimate of drug-likeness (QED) is 0.206. The first-order valence-corrected chi connectivity index (χ1v) is 25.5. The van der Waals surface area contributed by atoms with Gasteiger partial charge in [0.1, 0.15) is 7.28 Å². The highest BCUT2D eigenvalue weighted by atomic mass is 15.0. The summed E-state index contributed by atoms with van der Waals surface area (Å²) in [5.74, 6) is 63.5. The fourth-order valence-electron chi connectivity index (χ4n) is 33.4. The standard InChI is InChI=1S/C50H53B/c1-2-4-3(1)5-6(4)8-7(5)9-10(8)12-11(9)13-14(12)16-15(13)17-18(16)20-19(17)21-22(20)24-23(21)25-26(24)28-27(25)29-30(28)32-31(29)33-34(32)36-35(33)37-38(36)40-39(37)41-42(40)44-43(41)45-46(44)48-47(45)49-50(48)51-49/h3-51H,1-2H2. The molecule has 1 heteroatoms. The largest absolute Gasteiger partial charge is 0.127 e. The highest BCUT2D eigenvalue weighted by Crippen LogP contribution is 3.03. The third-order valence-corrected chi connectivity index (χ3v) is 32.7. The third kappa shape index (κ3) is 1.40. The van der Waals surface area contributed by atoms with Crippen LogP contribution in [-0.2, 0) is 0 Å². The lowest BCUT2D eigenvalue weighted by atomic mass is 9.03. The second kappa shape index (κ2) is 5.57. The summed E-state index contributed by atoms with van der Waals surface area (Å²) < 4.78 is 0. The molecule has 25 fully saturated rings. The van der Waals surface area contributed by atoms with E-state index >= 15 is 0 Å². The monoisotopic (exact) mass is 664 g/mol. The molecule has 0 aromatic carbocycles. The lowest BCUT2D eigenvalue weighted by Gasteiger charge is -3.01. The first-order chi connectivity index (χ1) is 25.5. The maximum absolute atomic E-state index is 1.70. The van der Waals surface area contributed by atoms with E-state index in [9.17, 15) is 0 Å². The first kappa shape index (κ1) is 22.7. The van der Waals surface area contributed by atoms with Crippen molar-refractivity contribution in [2.24, 2.45) is 272 Å². The van der Waals surface area contributed by atoms with E-state index in [1.54, 1.807) is 20.1 Å². The Kier molecular flexibility index (Phi) is 2.48. The van der Waals surface area contributed by atoms with Crippen molar-refractivity contribution in [2.45, 2.75) is 24.5 Å². The van der Waals surface area contributed by atoms with Crippen molar-refractivity contribution in [3.63, 3.8) is 0 Å². The van der Waals surface area contributed by atoms with Crippen LogP contribution in [0.4, 0.5) is 0 Å². The zero-order chi connectivity index (χ0) is 29.8. The van der Waals surface area contributed by atoms with Crippen molar-refractivity contribution in [1.82, 2.24) is 0 Å². The van der Waals surface area contributed by atoms with Gasteiger partial charge in [0.15, 0.2) is 0 Å². The van der Waals surface area contributed by atoms with E-state index in [0.717, 1.165) is 0 Å². The van der Waals surface area contributed by atoms with Gasteiger partial charge in [-0.05, 0) is 285 Å². The van der Waals surface area contributed by atoms with Crippen molar-refractivity contribution >= 4 is 7.28 Å². The van der Waals surface area contributed by atoms with Crippen molar-refractivity contribution in [3.05, 3.63) is 0 Å². The summed E-state index contributed by atoms with van der Waals surface area (Å²) in [6.45, 7) is 0. The maximum atomic E-state index is 1.70. The van der Waals surface area contributed by atoms with Gasteiger partial charge in [0.25, 0.3) is 0 Å². The van der Waals surface area contributed by atoms with Gasteiger partial charge in [-0.15, -0.1) is 0 Å². The van der Waals surface area contributed by atoms with E-state index in [0.29, 0.717) is 0 Å². The molecule has 1 heterocycles. The summed E-state index contributed by atoms with van der Waals surface area (Å²) in [5.41, 5.74) is 0. The predicted octanol–water partition coefficient (Wildman–Crippen LogP) is 6.47. The lowest BCUT2D eigenvalue weighted by Crippen LogP contribution is -2.98. The Morgan fingerprint density at radius 1 is 0.157 bits per heavy atom. The first-order valence-electron chi connectivity index (χ1n) is 25.5. The van der Waals surface area contributed by atoms with Gasteiger partial charge in [-0.2, -0.15) is 0 Å². The fourth-order valence-corrected chi connectivity index (χ4v) is 33.4. The molecule has 0 N–H and O–H groups in total. The lowest BCUT2D eigenvalue weighted by molar-refractivity contribution is -0.550. The zero-order valence-corrected chi connectivity index (χ0v) is 29.8. The topological polar surface area (TPSA) is 0 Å². The Morgan fingerprint density at radius 2 is 0.294 bits per heavy atom. The predicted molar refractivity (Wildman–Crippen MR) is 184 cm³/mol. The highest BCUT2D eigenvalue weighted by molar-refractivity contribution is 6.56. The van der Waals surface area contributed by atoms with E-state index in [2.05, 4.69) is 0 Å². The van der Waals surface area contributed by atoms with Gasteiger partial charge in [-0.1, -0.05) is 11.6 Å². The Morgan fingerprint density at radius 3 is 0.451 bits per heavy atom. The molecule has 0 spiro atoms. The molecular weight excluding hydrogens is 611 g/mol. The molecule has 0 aromatic rings. The highest BCUT2D eigenvalue weighted by Gasteiger charge is 3.00. The minimum Gasteiger partial charge on any atom is -0.0657 e. The van der Waals surface area contributed by atoms with Crippen LogP contribution in [0.25, 0.3) is 0 Å². The summed E-state index contributed by atoms with van der Waals surface area (Å²) >= 11 is 0. The summed E-state index contributed by atoms with van der Waals surface area (Å²) in [6.07, 6.45) is 3.32. The van der Waals surface area contributed by atoms with E-state index < -0.39 is 0 Å². The fraction of sp³-hybridized carbons (Fsp3) is 1.00. The van der Waals surface area contributed by atoms with Crippen LogP contribution in [0.1, 0.15) is 12.8 Å². The molecular formula is C50H53B. The minimum absolute atomic E-state index is 1.27. The molecule has 48 atom stereocenters. The van der Waals surface area contributed by atoms with Gasteiger partial charge < -0.3 is 0 Å². The van der Waals surface area contributed by atoms with Crippen LogP contribution < -0.4 is 0 Å². The van der Waals surface area contributed by atoms with E-state index in [-0.39, 0.29) is 0 Å². The molecule has 1 aliphatic heterocycles. The van der Waals surface area contributed by atoms with Crippen LogP contribution in [0.15, 0.2) is 0 Å². The number of hydrogen-bond acceptors (Lipinski definition) is 0. The second-order valence-corrected chi connectivity index (χ2v) is 28.9. The van der Waals surface area contributed by atoms with E-state index in [1.807, 2.05) is 0 Å². The Bertz CT molecular complexity index is 1980. The van der Waals surface area contributed by atoms with E-state index in [4.69, 9.17) is 0 Å². The maximum Gasteiger partial charge on any atom is 0.127 e. The van der Waals surface area contributed by atoms with E-state index in [1.165, 1.54) is 284 Å². The Balaban J connectivity index is 0.495. The number of fused-ring (bicyclic) bond motifs is 70. The molecule has 0 bridgehead atoms. The molecule has 256 valence electrons. The minimum atomic E-state index is 1.27. The molecule has 25 aliphatic rings. The van der Waals surface area contributed by atoms with Gasteiger partial charge in [-0.3, -0.25) is 0 Å². The van der Waals surface area contributed by atoms with Crippen molar-refractivity contribution < 1.29 is 0 Å². The SMILES string of the molecule is B1C2C1C1C2C2C1C1C2C2C1C1C2C2C1C1C2C2C1C1C2C2C1C1C2C2C3C4C5C6C7C8C9C%10C%11C%12C%13CCC%13C%12C%11C%10C9C8C7C6C5C4C3C12. The normalized spacial score (nSPS) is 103. The van der Waals surface area contributed by atoms with Gasteiger partial charge in [-0.25, -0.2) is 0 Å². The van der Waals surface area contributed by atoms with Crippen molar-refractivity contribution in [3.8, 4) is 0 Å². The summed E-state index contributed by atoms with van der Waals surface area (Å²) in [4.78, 5) is 0. The van der Waals surface area contributed by atoms with Crippen LogP contribution in [0.2, 0.25) is 11.6 Å². The molecule has 0 radical (unpaired) electrons. The molecule has 0 nitrogen and oxygen atoms in total.